The molecule has 0 bridgehead atoms. The Balaban J connectivity index is 2.42. The second-order valence-electron chi connectivity index (χ2n) is 2.26. The molecule has 0 spiro atoms. The number of amides is 2. The SMILES string of the molecule is NC(=O)N1[CH]Sc2ncccc21. The van der Waals surface area contributed by atoms with Crippen molar-refractivity contribution >= 4 is 23.5 Å². The highest BCUT2D eigenvalue weighted by molar-refractivity contribution is 8.01. The van der Waals surface area contributed by atoms with Gasteiger partial charge in [-0.3, -0.25) is 4.90 Å². The molecule has 12 heavy (non-hydrogen) atoms. The smallest absolute Gasteiger partial charge is 0.320 e. The molecule has 1 aromatic rings. The minimum Gasteiger partial charge on any atom is -0.351 e. The molecule has 2 amide bonds. The Bertz CT molecular complexity index is 328. The lowest BCUT2D eigenvalue weighted by atomic mass is 10.4. The van der Waals surface area contributed by atoms with Crippen molar-refractivity contribution in [2.75, 3.05) is 4.90 Å². The molecule has 61 valence electrons. The first-order chi connectivity index (χ1) is 5.79. The Morgan fingerprint density at radius 3 is 3.25 bits per heavy atom. The highest BCUT2D eigenvalue weighted by atomic mass is 32.2. The maximum absolute atomic E-state index is 10.8. The quantitative estimate of drug-likeness (QED) is 0.652. The van der Waals surface area contributed by atoms with Crippen molar-refractivity contribution < 1.29 is 4.79 Å². The number of nitrogens with two attached hydrogens (primary N) is 1. The first kappa shape index (κ1) is 7.42. The predicted octanol–water partition coefficient (Wildman–Crippen LogP) is 1.19. The number of fused-ring (bicyclic) bond motifs is 1. The van der Waals surface area contributed by atoms with Gasteiger partial charge in [0.25, 0.3) is 0 Å². The zero-order valence-electron chi connectivity index (χ0n) is 6.10. The number of hydrogen-bond acceptors (Lipinski definition) is 3. The summed E-state index contributed by atoms with van der Waals surface area (Å²) in [7, 11) is 0. The molecule has 1 aliphatic heterocycles. The number of aromatic nitrogens is 1. The van der Waals surface area contributed by atoms with Crippen LogP contribution in [0.15, 0.2) is 23.4 Å². The second kappa shape index (κ2) is 2.67. The Kier molecular flexibility index (Phi) is 1.65. The van der Waals surface area contributed by atoms with E-state index in [0.29, 0.717) is 0 Å². The van der Waals surface area contributed by atoms with E-state index in [9.17, 15) is 4.79 Å². The van der Waals surface area contributed by atoms with Crippen molar-refractivity contribution in [2.45, 2.75) is 5.03 Å². The third-order valence-electron chi connectivity index (χ3n) is 1.52. The van der Waals surface area contributed by atoms with Crippen molar-refractivity contribution in [3.05, 3.63) is 24.2 Å². The van der Waals surface area contributed by atoms with Crippen LogP contribution >= 0.6 is 11.8 Å². The molecule has 2 heterocycles. The van der Waals surface area contributed by atoms with Gasteiger partial charge < -0.3 is 5.73 Å². The lowest BCUT2D eigenvalue weighted by Gasteiger charge is -2.10. The lowest BCUT2D eigenvalue weighted by Crippen LogP contribution is -2.30. The van der Waals surface area contributed by atoms with Gasteiger partial charge in [0.15, 0.2) is 0 Å². The number of rotatable bonds is 0. The van der Waals surface area contributed by atoms with Crippen LogP contribution in [0.25, 0.3) is 0 Å². The Morgan fingerprint density at radius 1 is 1.67 bits per heavy atom. The highest BCUT2D eigenvalue weighted by Gasteiger charge is 2.24. The van der Waals surface area contributed by atoms with Gasteiger partial charge in [-0.25, -0.2) is 9.78 Å². The van der Waals surface area contributed by atoms with Crippen LogP contribution < -0.4 is 10.6 Å². The molecule has 2 N–H and O–H groups in total. The average Bonchev–Trinajstić information content (AvgIpc) is 2.47. The number of pyridine rings is 1. The van der Waals surface area contributed by atoms with E-state index in [1.165, 1.54) is 16.7 Å². The zero-order valence-corrected chi connectivity index (χ0v) is 6.91. The zero-order chi connectivity index (χ0) is 8.55. The van der Waals surface area contributed by atoms with E-state index >= 15 is 0 Å². The van der Waals surface area contributed by atoms with Crippen molar-refractivity contribution in [3.63, 3.8) is 0 Å². The van der Waals surface area contributed by atoms with Gasteiger partial charge in [-0.05, 0) is 12.1 Å². The maximum Gasteiger partial charge on any atom is 0.320 e. The fourth-order valence-corrected chi connectivity index (χ4v) is 1.82. The topological polar surface area (TPSA) is 59.2 Å². The number of carbonyl (C=O) groups excluding carboxylic acids is 1. The molecule has 5 heteroatoms. The summed E-state index contributed by atoms with van der Waals surface area (Å²) < 4.78 is 0. The third kappa shape index (κ3) is 1.02. The molecule has 1 radical (unpaired) electrons. The first-order valence-electron chi connectivity index (χ1n) is 3.33. The van der Waals surface area contributed by atoms with Gasteiger partial charge in [-0.2, -0.15) is 0 Å². The largest absolute Gasteiger partial charge is 0.351 e. The van der Waals surface area contributed by atoms with Crippen LogP contribution in [0, 0.1) is 5.88 Å². The van der Waals surface area contributed by atoms with E-state index in [-0.39, 0.29) is 0 Å². The van der Waals surface area contributed by atoms with Gasteiger partial charge in [0.05, 0.1) is 5.69 Å². The molecule has 0 aromatic carbocycles. The van der Waals surface area contributed by atoms with Crippen molar-refractivity contribution in [3.8, 4) is 0 Å². The van der Waals surface area contributed by atoms with Crippen molar-refractivity contribution in [1.29, 1.82) is 0 Å². The summed E-state index contributed by atoms with van der Waals surface area (Å²) in [6, 6.07) is 3.10. The van der Waals surface area contributed by atoms with E-state index in [0.717, 1.165) is 10.7 Å². The number of primary amides is 1. The molecule has 1 aliphatic rings. The van der Waals surface area contributed by atoms with Crippen LogP contribution in [0.3, 0.4) is 0 Å². The van der Waals surface area contributed by atoms with Gasteiger partial charge in [0, 0.05) is 6.20 Å². The maximum atomic E-state index is 10.8. The van der Waals surface area contributed by atoms with Crippen LogP contribution in [-0.2, 0) is 0 Å². The molecule has 4 nitrogen and oxygen atoms in total. The Hall–Kier alpha value is -1.23. The van der Waals surface area contributed by atoms with Crippen LogP contribution in [0.5, 0.6) is 0 Å². The third-order valence-corrected chi connectivity index (χ3v) is 2.37. The predicted molar refractivity (Wildman–Crippen MR) is 46.5 cm³/mol. The summed E-state index contributed by atoms with van der Waals surface area (Å²) in [5.74, 6) is 1.65. The highest BCUT2D eigenvalue weighted by Crippen LogP contribution is 2.38. The Morgan fingerprint density at radius 2 is 2.50 bits per heavy atom. The van der Waals surface area contributed by atoms with E-state index in [2.05, 4.69) is 4.98 Å². The number of hydrogen-bond donors (Lipinski definition) is 1. The summed E-state index contributed by atoms with van der Waals surface area (Å²) in [5.41, 5.74) is 5.89. The fraction of sp³-hybridized carbons (Fsp3) is 0. The minimum atomic E-state index is -0.478. The summed E-state index contributed by atoms with van der Waals surface area (Å²) >= 11 is 1.39. The molecule has 0 unspecified atom stereocenters. The standard InChI is InChI=1S/C7H6N3OS/c8-7(11)10-4-12-6-5(10)2-1-3-9-6/h1-4H,(H2,8,11). The summed E-state index contributed by atoms with van der Waals surface area (Å²) in [4.78, 5) is 16.3. The minimum absolute atomic E-state index is 0.478. The number of urea groups is 1. The summed E-state index contributed by atoms with van der Waals surface area (Å²) in [6.07, 6.45) is 1.68. The number of thioether (sulfide) groups is 1. The monoisotopic (exact) mass is 180 g/mol. The molecule has 0 fully saturated rings. The number of nitrogens with zero attached hydrogens (tertiary/aromatic N) is 2. The Labute approximate surface area is 73.8 Å². The van der Waals surface area contributed by atoms with Gasteiger partial charge in [0.2, 0.25) is 0 Å². The van der Waals surface area contributed by atoms with Gasteiger partial charge in [-0.1, -0.05) is 11.8 Å². The second-order valence-corrected chi connectivity index (χ2v) is 3.09. The average molecular weight is 180 g/mol. The van der Waals surface area contributed by atoms with Crippen LogP contribution in [-0.4, -0.2) is 11.0 Å². The van der Waals surface area contributed by atoms with E-state index in [1.807, 2.05) is 6.07 Å². The van der Waals surface area contributed by atoms with Crippen LogP contribution in [0.1, 0.15) is 0 Å². The van der Waals surface area contributed by atoms with Crippen LogP contribution in [0.2, 0.25) is 0 Å². The van der Waals surface area contributed by atoms with E-state index < -0.39 is 6.03 Å². The van der Waals surface area contributed by atoms with Gasteiger partial charge in [0.1, 0.15) is 10.9 Å². The van der Waals surface area contributed by atoms with Crippen molar-refractivity contribution in [1.82, 2.24) is 4.98 Å². The number of carbonyl (C=O) groups is 1. The molecular formula is C7H6N3OS. The van der Waals surface area contributed by atoms with Gasteiger partial charge >= 0.3 is 6.03 Å². The van der Waals surface area contributed by atoms with Crippen LogP contribution in [0.4, 0.5) is 10.5 Å². The lowest BCUT2D eigenvalue weighted by molar-refractivity contribution is 0.255. The fourth-order valence-electron chi connectivity index (χ4n) is 0.987. The molecule has 1 aromatic heterocycles. The molecule has 2 rings (SSSR count). The normalized spacial score (nSPS) is 14.5. The summed E-state index contributed by atoms with van der Waals surface area (Å²) in [6.45, 7) is 0. The molecule has 0 atom stereocenters. The van der Waals surface area contributed by atoms with E-state index in [4.69, 9.17) is 5.73 Å². The van der Waals surface area contributed by atoms with E-state index in [1.54, 1.807) is 18.1 Å². The summed E-state index contributed by atoms with van der Waals surface area (Å²) in [5, 5.41) is 0.816. The molecule has 0 aliphatic carbocycles. The van der Waals surface area contributed by atoms with Gasteiger partial charge in [-0.15, -0.1) is 0 Å². The molecular weight excluding hydrogens is 174 g/mol. The number of anilines is 1. The molecule has 0 saturated heterocycles. The first-order valence-corrected chi connectivity index (χ1v) is 4.20. The van der Waals surface area contributed by atoms with Crippen molar-refractivity contribution in [2.24, 2.45) is 5.73 Å². The molecule has 0 saturated carbocycles.